The summed E-state index contributed by atoms with van der Waals surface area (Å²) in [6.07, 6.45) is -4.64. The molecule has 2 N–H and O–H groups in total. The van der Waals surface area contributed by atoms with Crippen molar-refractivity contribution < 1.29 is 35.5 Å². The van der Waals surface area contributed by atoms with Crippen molar-refractivity contribution >= 4 is 15.9 Å². The lowest BCUT2D eigenvalue weighted by atomic mass is 10.2. The van der Waals surface area contributed by atoms with Gasteiger partial charge in [0.1, 0.15) is 18.2 Å². The van der Waals surface area contributed by atoms with Gasteiger partial charge in [-0.15, -0.1) is 0 Å². The SMILES string of the molecule is O=C(CCNS(=O)(=O)c1ccc(F)cc1)NCCOc1cccc(C(F)(F)F)c1. The Labute approximate surface area is 164 Å². The molecule has 0 atom stereocenters. The molecule has 6 nitrogen and oxygen atoms in total. The molecule has 0 aliphatic heterocycles. The molecule has 0 bridgehead atoms. The Morgan fingerprint density at radius 2 is 1.72 bits per heavy atom. The first-order valence-electron chi connectivity index (χ1n) is 8.40. The molecule has 0 saturated carbocycles. The number of amides is 1. The van der Waals surface area contributed by atoms with Crippen LogP contribution in [0.3, 0.4) is 0 Å². The molecule has 158 valence electrons. The van der Waals surface area contributed by atoms with E-state index in [9.17, 15) is 30.8 Å². The Morgan fingerprint density at radius 3 is 2.38 bits per heavy atom. The highest BCUT2D eigenvalue weighted by atomic mass is 32.2. The Kier molecular flexibility index (Phi) is 7.57. The highest BCUT2D eigenvalue weighted by molar-refractivity contribution is 7.89. The normalized spacial score (nSPS) is 11.9. The molecule has 29 heavy (non-hydrogen) atoms. The van der Waals surface area contributed by atoms with E-state index >= 15 is 0 Å². The molecule has 11 heteroatoms. The quantitative estimate of drug-likeness (QED) is 0.470. The van der Waals surface area contributed by atoms with Crippen LogP contribution in [0.2, 0.25) is 0 Å². The molecule has 1 amide bonds. The predicted octanol–water partition coefficient (Wildman–Crippen LogP) is 2.71. The van der Waals surface area contributed by atoms with Crippen LogP contribution in [0.4, 0.5) is 17.6 Å². The second-order valence-corrected chi connectivity index (χ2v) is 7.59. The van der Waals surface area contributed by atoms with Crippen molar-refractivity contribution in [1.29, 1.82) is 0 Å². The Bertz CT molecular complexity index is 932. The van der Waals surface area contributed by atoms with Gasteiger partial charge < -0.3 is 10.1 Å². The number of benzene rings is 2. The Morgan fingerprint density at radius 1 is 1.03 bits per heavy atom. The zero-order valence-corrected chi connectivity index (χ0v) is 15.8. The molecule has 0 saturated heterocycles. The third kappa shape index (κ3) is 7.35. The zero-order chi connectivity index (χ0) is 21.5. The van der Waals surface area contributed by atoms with Gasteiger partial charge in [-0.25, -0.2) is 17.5 Å². The number of alkyl halides is 3. The summed E-state index contributed by atoms with van der Waals surface area (Å²) in [5, 5.41) is 2.46. The van der Waals surface area contributed by atoms with Gasteiger partial charge in [0.25, 0.3) is 0 Å². The van der Waals surface area contributed by atoms with Crippen molar-refractivity contribution in [3.63, 3.8) is 0 Å². The summed E-state index contributed by atoms with van der Waals surface area (Å²) < 4.78 is 82.0. The zero-order valence-electron chi connectivity index (χ0n) is 15.0. The molecule has 0 radical (unpaired) electrons. The van der Waals surface area contributed by atoms with Gasteiger partial charge in [-0.05, 0) is 42.5 Å². The summed E-state index contributed by atoms with van der Waals surface area (Å²) in [7, 11) is -3.86. The van der Waals surface area contributed by atoms with Crippen LogP contribution in [0.1, 0.15) is 12.0 Å². The van der Waals surface area contributed by atoms with Gasteiger partial charge >= 0.3 is 6.18 Å². The summed E-state index contributed by atoms with van der Waals surface area (Å²) in [5.41, 5.74) is -0.840. The maximum Gasteiger partial charge on any atom is 0.416 e. The van der Waals surface area contributed by atoms with Crippen LogP contribution in [0.5, 0.6) is 5.75 Å². The van der Waals surface area contributed by atoms with Crippen LogP contribution < -0.4 is 14.8 Å². The number of rotatable bonds is 9. The average molecular weight is 434 g/mol. The minimum Gasteiger partial charge on any atom is -0.492 e. The molecule has 0 aliphatic carbocycles. The average Bonchev–Trinajstić information content (AvgIpc) is 2.65. The molecule has 0 fully saturated rings. The molecule has 2 aromatic rings. The molecule has 0 spiro atoms. The van der Waals surface area contributed by atoms with Crippen molar-refractivity contribution in [1.82, 2.24) is 10.0 Å². The number of ether oxygens (including phenoxy) is 1. The second-order valence-electron chi connectivity index (χ2n) is 5.83. The van der Waals surface area contributed by atoms with Crippen LogP contribution in [-0.4, -0.2) is 34.0 Å². The van der Waals surface area contributed by atoms with Crippen molar-refractivity contribution in [3.05, 3.63) is 59.9 Å². The van der Waals surface area contributed by atoms with E-state index in [0.717, 1.165) is 36.4 Å². The molecular formula is C18H18F4N2O4S. The summed E-state index contributed by atoms with van der Waals surface area (Å²) in [6, 6.07) is 8.56. The van der Waals surface area contributed by atoms with E-state index in [4.69, 9.17) is 4.74 Å². The summed E-state index contributed by atoms with van der Waals surface area (Å²) in [4.78, 5) is 11.6. The third-order valence-electron chi connectivity index (χ3n) is 3.62. The van der Waals surface area contributed by atoms with E-state index in [2.05, 4.69) is 10.0 Å². The third-order valence-corrected chi connectivity index (χ3v) is 5.10. The summed E-state index contributed by atoms with van der Waals surface area (Å²) in [6.45, 7) is -0.214. The largest absolute Gasteiger partial charge is 0.492 e. The van der Waals surface area contributed by atoms with Crippen LogP contribution >= 0.6 is 0 Å². The molecule has 2 aromatic carbocycles. The lowest BCUT2D eigenvalue weighted by molar-refractivity contribution is -0.137. The number of nitrogens with one attached hydrogen (secondary N) is 2. The van der Waals surface area contributed by atoms with E-state index < -0.39 is 33.5 Å². The number of carbonyl (C=O) groups excluding carboxylic acids is 1. The predicted molar refractivity (Wildman–Crippen MR) is 96.2 cm³/mol. The highest BCUT2D eigenvalue weighted by Gasteiger charge is 2.30. The fraction of sp³-hybridized carbons (Fsp3) is 0.278. The summed E-state index contributed by atoms with van der Waals surface area (Å²) in [5.74, 6) is -1.03. The van der Waals surface area contributed by atoms with E-state index in [1.165, 1.54) is 12.1 Å². The summed E-state index contributed by atoms with van der Waals surface area (Å²) >= 11 is 0. The lowest BCUT2D eigenvalue weighted by Crippen LogP contribution is -2.32. The van der Waals surface area contributed by atoms with Crippen molar-refractivity contribution in [2.75, 3.05) is 19.7 Å². The van der Waals surface area contributed by atoms with Gasteiger partial charge in [0.05, 0.1) is 17.0 Å². The van der Waals surface area contributed by atoms with E-state index in [1.54, 1.807) is 0 Å². The number of halogens is 4. The fourth-order valence-corrected chi connectivity index (χ4v) is 3.24. The Hall–Kier alpha value is -2.66. The first-order valence-corrected chi connectivity index (χ1v) is 9.88. The lowest BCUT2D eigenvalue weighted by Gasteiger charge is -2.11. The molecule has 2 rings (SSSR count). The number of carbonyl (C=O) groups is 1. The Balaban J connectivity index is 1.69. The smallest absolute Gasteiger partial charge is 0.416 e. The highest BCUT2D eigenvalue weighted by Crippen LogP contribution is 2.31. The molecule has 0 heterocycles. The van der Waals surface area contributed by atoms with E-state index in [1.807, 2.05) is 0 Å². The van der Waals surface area contributed by atoms with E-state index in [0.29, 0.717) is 0 Å². The molecule has 0 aromatic heterocycles. The molecule has 0 unspecified atom stereocenters. The first-order chi connectivity index (χ1) is 13.6. The van der Waals surface area contributed by atoms with Gasteiger partial charge in [0.2, 0.25) is 15.9 Å². The molecular weight excluding hydrogens is 416 g/mol. The second kappa shape index (κ2) is 9.70. The fourth-order valence-electron chi connectivity index (χ4n) is 2.21. The first kappa shape index (κ1) is 22.6. The number of hydrogen-bond donors (Lipinski definition) is 2. The van der Waals surface area contributed by atoms with Crippen molar-refractivity contribution in [3.8, 4) is 5.75 Å². The standard InChI is InChI=1S/C18H18F4N2O4S/c19-14-4-6-16(7-5-14)29(26,27)24-9-8-17(25)23-10-11-28-15-3-1-2-13(12-15)18(20,21)22/h1-7,12,24H,8-11H2,(H,23,25). The van der Waals surface area contributed by atoms with Crippen molar-refractivity contribution in [2.24, 2.45) is 0 Å². The van der Waals surface area contributed by atoms with Gasteiger partial charge in [0, 0.05) is 13.0 Å². The maximum atomic E-state index is 12.8. The van der Waals surface area contributed by atoms with Gasteiger partial charge in [-0.2, -0.15) is 13.2 Å². The molecule has 0 aliphatic rings. The van der Waals surface area contributed by atoms with Gasteiger partial charge in [0.15, 0.2) is 0 Å². The van der Waals surface area contributed by atoms with Crippen LogP contribution in [0, 0.1) is 5.82 Å². The monoisotopic (exact) mass is 434 g/mol. The topological polar surface area (TPSA) is 84.5 Å². The number of hydrogen-bond acceptors (Lipinski definition) is 4. The van der Waals surface area contributed by atoms with E-state index in [-0.39, 0.29) is 36.8 Å². The maximum absolute atomic E-state index is 12.8. The van der Waals surface area contributed by atoms with Crippen molar-refractivity contribution in [2.45, 2.75) is 17.5 Å². The minimum atomic E-state index is -4.48. The van der Waals surface area contributed by atoms with Crippen LogP contribution in [-0.2, 0) is 21.0 Å². The van der Waals surface area contributed by atoms with Gasteiger partial charge in [-0.3, -0.25) is 4.79 Å². The number of sulfonamides is 1. The van der Waals surface area contributed by atoms with Crippen LogP contribution in [0.25, 0.3) is 0 Å². The van der Waals surface area contributed by atoms with Gasteiger partial charge in [-0.1, -0.05) is 6.07 Å². The minimum absolute atomic E-state index is 0.0149. The van der Waals surface area contributed by atoms with Crippen LogP contribution in [0.15, 0.2) is 53.4 Å².